The molecular weight excluding hydrogens is 320 g/mol. The molecule has 0 aliphatic heterocycles. The Labute approximate surface area is 137 Å². The van der Waals surface area contributed by atoms with Crippen LogP contribution in [0.1, 0.15) is 6.92 Å². The summed E-state index contributed by atoms with van der Waals surface area (Å²) < 4.78 is 5.73. The summed E-state index contributed by atoms with van der Waals surface area (Å²) in [5.74, 6) is 0.274. The molecule has 0 bridgehead atoms. The van der Waals surface area contributed by atoms with Crippen LogP contribution in [-0.2, 0) is 9.53 Å². The third-order valence-electron chi connectivity index (χ3n) is 2.58. The Kier molecular flexibility index (Phi) is 6.63. The maximum absolute atomic E-state index is 11.8. The number of nitrogens with one attached hydrogen (secondary N) is 2. The Morgan fingerprint density at radius 2 is 2.14 bits per heavy atom. The zero-order chi connectivity index (χ0) is 15.8. The lowest BCUT2D eigenvalue weighted by Crippen LogP contribution is -2.36. The summed E-state index contributed by atoms with van der Waals surface area (Å²) in [6.07, 6.45) is 0. The van der Waals surface area contributed by atoms with Gasteiger partial charge in [0, 0.05) is 18.8 Å². The highest BCUT2D eigenvalue weighted by atomic mass is 32.2. The number of benzene rings is 1. The van der Waals surface area contributed by atoms with E-state index in [2.05, 4.69) is 20.8 Å². The van der Waals surface area contributed by atoms with E-state index in [9.17, 15) is 4.79 Å². The van der Waals surface area contributed by atoms with E-state index in [-0.39, 0.29) is 11.9 Å². The van der Waals surface area contributed by atoms with E-state index < -0.39 is 0 Å². The van der Waals surface area contributed by atoms with E-state index >= 15 is 0 Å². The minimum Gasteiger partial charge on any atom is -0.383 e. The minimum absolute atomic E-state index is 0.00262. The Morgan fingerprint density at radius 3 is 2.86 bits per heavy atom. The van der Waals surface area contributed by atoms with Gasteiger partial charge in [0.1, 0.15) is 0 Å². The summed E-state index contributed by atoms with van der Waals surface area (Å²) >= 11 is 2.80. The fourth-order valence-electron chi connectivity index (χ4n) is 1.70. The molecule has 0 saturated carbocycles. The van der Waals surface area contributed by atoms with Crippen LogP contribution in [0.5, 0.6) is 0 Å². The molecule has 6 nitrogen and oxygen atoms in total. The summed E-state index contributed by atoms with van der Waals surface area (Å²) in [5.41, 5.74) is 0.960. The van der Waals surface area contributed by atoms with Gasteiger partial charge in [-0.15, -0.1) is 10.2 Å². The van der Waals surface area contributed by atoms with Gasteiger partial charge in [-0.1, -0.05) is 41.3 Å². The average molecular weight is 338 g/mol. The van der Waals surface area contributed by atoms with Gasteiger partial charge in [0.2, 0.25) is 11.0 Å². The van der Waals surface area contributed by atoms with Crippen LogP contribution in [0.15, 0.2) is 34.7 Å². The maximum atomic E-state index is 11.8. The van der Waals surface area contributed by atoms with Gasteiger partial charge < -0.3 is 15.4 Å². The fraction of sp³-hybridized carbons (Fsp3) is 0.357. The number of nitrogens with zero attached hydrogens (tertiary/aromatic N) is 2. The van der Waals surface area contributed by atoms with Gasteiger partial charge in [0.15, 0.2) is 4.34 Å². The largest absolute Gasteiger partial charge is 0.383 e. The first-order valence-electron chi connectivity index (χ1n) is 6.74. The Hall–Kier alpha value is -1.64. The molecule has 1 unspecified atom stereocenters. The third kappa shape index (κ3) is 5.63. The highest BCUT2D eigenvalue weighted by Crippen LogP contribution is 2.27. The second-order valence-electron chi connectivity index (χ2n) is 4.58. The van der Waals surface area contributed by atoms with Crippen LogP contribution in [0.25, 0.3) is 0 Å². The van der Waals surface area contributed by atoms with Crippen molar-refractivity contribution in [1.29, 1.82) is 0 Å². The van der Waals surface area contributed by atoms with E-state index in [0.29, 0.717) is 17.5 Å². The van der Waals surface area contributed by atoms with Crippen molar-refractivity contribution in [2.75, 3.05) is 24.8 Å². The second kappa shape index (κ2) is 8.72. The third-order valence-corrected chi connectivity index (χ3v) is 4.55. The SMILES string of the molecule is COCC(C)NC(=O)CSc1nnc(Nc2ccccc2)s1. The molecule has 2 aromatic rings. The molecule has 1 amide bonds. The second-order valence-corrected chi connectivity index (χ2v) is 6.78. The number of hydrogen-bond acceptors (Lipinski definition) is 7. The first-order chi connectivity index (χ1) is 10.7. The predicted molar refractivity (Wildman–Crippen MR) is 89.8 cm³/mol. The van der Waals surface area contributed by atoms with Crippen LogP contribution in [0, 0.1) is 0 Å². The number of thioether (sulfide) groups is 1. The summed E-state index contributed by atoms with van der Waals surface area (Å²) in [6.45, 7) is 2.40. The van der Waals surface area contributed by atoms with E-state index in [1.807, 2.05) is 37.3 Å². The number of rotatable bonds is 8. The lowest BCUT2D eigenvalue weighted by atomic mass is 10.3. The van der Waals surface area contributed by atoms with Gasteiger partial charge in [-0.2, -0.15) is 0 Å². The topological polar surface area (TPSA) is 76.1 Å². The smallest absolute Gasteiger partial charge is 0.230 e. The zero-order valence-corrected chi connectivity index (χ0v) is 14.0. The molecule has 0 aliphatic carbocycles. The Morgan fingerprint density at radius 1 is 1.36 bits per heavy atom. The fourth-order valence-corrected chi connectivity index (χ4v) is 3.28. The normalized spacial score (nSPS) is 11.9. The number of para-hydroxylation sites is 1. The minimum atomic E-state index is -0.0395. The standard InChI is InChI=1S/C14H18N4O2S2/c1-10(8-20-2)15-12(19)9-21-14-18-17-13(22-14)16-11-6-4-3-5-7-11/h3-7,10H,8-9H2,1-2H3,(H,15,19)(H,16,17). The number of methoxy groups -OCH3 is 1. The monoisotopic (exact) mass is 338 g/mol. The van der Waals surface area contributed by atoms with Crippen molar-refractivity contribution in [3.05, 3.63) is 30.3 Å². The van der Waals surface area contributed by atoms with Crippen LogP contribution in [-0.4, -0.2) is 41.6 Å². The van der Waals surface area contributed by atoms with Gasteiger partial charge in [-0.3, -0.25) is 4.79 Å². The maximum Gasteiger partial charge on any atom is 0.230 e. The van der Waals surface area contributed by atoms with Gasteiger partial charge >= 0.3 is 0 Å². The van der Waals surface area contributed by atoms with Gasteiger partial charge in [0.05, 0.1) is 12.4 Å². The molecule has 1 aromatic heterocycles. The molecule has 8 heteroatoms. The van der Waals surface area contributed by atoms with Crippen molar-refractivity contribution in [3.63, 3.8) is 0 Å². The van der Waals surface area contributed by atoms with Gasteiger partial charge in [0.25, 0.3) is 0 Å². The van der Waals surface area contributed by atoms with E-state index in [1.54, 1.807) is 7.11 Å². The average Bonchev–Trinajstić information content (AvgIpc) is 2.94. The predicted octanol–water partition coefficient (Wildman–Crippen LogP) is 2.52. The Balaban J connectivity index is 1.78. The van der Waals surface area contributed by atoms with Crippen molar-refractivity contribution in [2.45, 2.75) is 17.3 Å². The van der Waals surface area contributed by atoms with Crippen molar-refractivity contribution in [3.8, 4) is 0 Å². The first kappa shape index (κ1) is 16.7. The van der Waals surface area contributed by atoms with E-state index in [4.69, 9.17) is 4.74 Å². The summed E-state index contributed by atoms with van der Waals surface area (Å²) in [6, 6.07) is 9.77. The van der Waals surface area contributed by atoms with E-state index in [0.717, 1.165) is 10.0 Å². The lowest BCUT2D eigenvalue weighted by Gasteiger charge is -2.11. The molecule has 1 aromatic carbocycles. The zero-order valence-electron chi connectivity index (χ0n) is 12.4. The number of hydrogen-bond donors (Lipinski definition) is 2. The number of aromatic nitrogens is 2. The quantitative estimate of drug-likeness (QED) is 0.720. The van der Waals surface area contributed by atoms with Crippen molar-refractivity contribution in [1.82, 2.24) is 15.5 Å². The molecule has 0 radical (unpaired) electrons. The van der Waals surface area contributed by atoms with Crippen molar-refractivity contribution in [2.24, 2.45) is 0 Å². The number of carbonyl (C=O) groups is 1. The number of anilines is 2. The van der Waals surface area contributed by atoms with Gasteiger partial charge in [-0.05, 0) is 19.1 Å². The van der Waals surface area contributed by atoms with Crippen LogP contribution in [0.3, 0.4) is 0 Å². The van der Waals surface area contributed by atoms with Crippen LogP contribution < -0.4 is 10.6 Å². The van der Waals surface area contributed by atoms with Crippen LogP contribution >= 0.6 is 23.1 Å². The molecule has 2 N–H and O–H groups in total. The van der Waals surface area contributed by atoms with Crippen molar-refractivity contribution < 1.29 is 9.53 Å². The summed E-state index contributed by atoms with van der Waals surface area (Å²) in [5, 5.41) is 14.9. The molecule has 1 atom stereocenters. The molecule has 1 heterocycles. The molecule has 0 spiro atoms. The van der Waals surface area contributed by atoms with Gasteiger partial charge in [-0.25, -0.2) is 0 Å². The molecular formula is C14H18N4O2S2. The molecule has 0 aliphatic rings. The molecule has 0 saturated heterocycles. The number of amides is 1. The van der Waals surface area contributed by atoms with Crippen LogP contribution in [0.4, 0.5) is 10.8 Å². The Bertz CT molecular complexity index is 592. The summed E-state index contributed by atoms with van der Waals surface area (Å²) in [4.78, 5) is 11.8. The summed E-state index contributed by atoms with van der Waals surface area (Å²) in [7, 11) is 1.61. The first-order valence-corrected chi connectivity index (χ1v) is 8.54. The highest BCUT2D eigenvalue weighted by molar-refractivity contribution is 8.01. The van der Waals surface area contributed by atoms with Crippen LogP contribution in [0.2, 0.25) is 0 Å². The van der Waals surface area contributed by atoms with E-state index in [1.165, 1.54) is 23.1 Å². The van der Waals surface area contributed by atoms with Crippen molar-refractivity contribution >= 4 is 39.8 Å². The molecule has 22 heavy (non-hydrogen) atoms. The molecule has 0 fully saturated rings. The molecule has 2 rings (SSSR count). The number of ether oxygens (including phenoxy) is 1. The lowest BCUT2D eigenvalue weighted by molar-refractivity contribution is -0.119. The molecule has 118 valence electrons. The number of carbonyl (C=O) groups excluding carboxylic acids is 1. The highest BCUT2D eigenvalue weighted by Gasteiger charge is 2.10.